The first kappa shape index (κ1) is 27.7. The Morgan fingerprint density at radius 1 is 0.872 bits per heavy atom. The number of rotatable bonds is 10. The second-order valence-corrected chi connectivity index (χ2v) is 9.17. The summed E-state index contributed by atoms with van der Waals surface area (Å²) in [4.78, 5) is 31.8. The molecule has 0 N–H and O–H groups in total. The molecule has 0 saturated carbocycles. The van der Waals surface area contributed by atoms with Gasteiger partial charge in [-0.3, -0.25) is 9.59 Å². The van der Waals surface area contributed by atoms with Gasteiger partial charge in [-0.05, 0) is 55.0 Å². The molecule has 10 nitrogen and oxygen atoms in total. The van der Waals surface area contributed by atoms with E-state index in [1.165, 1.54) is 0 Å². The van der Waals surface area contributed by atoms with Crippen LogP contribution in [-0.2, 0) is 4.79 Å². The van der Waals surface area contributed by atoms with Crippen LogP contribution in [0.1, 0.15) is 23.7 Å². The van der Waals surface area contributed by atoms with Crippen LogP contribution in [0, 0.1) is 0 Å². The average molecular weight is 534 g/mol. The molecule has 1 aliphatic heterocycles. The maximum atomic E-state index is 13.1. The number of aromatic nitrogens is 2. The number of carbonyl (C=O) groups excluding carboxylic acids is 2. The average Bonchev–Trinajstić information content (AvgIpc) is 3.00. The third-order valence-electron chi connectivity index (χ3n) is 6.71. The number of hydrogen-bond acceptors (Lipinski definition) is 8. The molecule has 1 aliphatic rings. The van der Waals surface area contributed by atoms with Crippen LogP contribution >= 0.6 is 0 Å². The first-order valence-corrected chi connectivity index (χ1v) is 13.0. The van der Waals surface area contributed by atoms with Crippen LogP contribution in [0.3, 0.4) is 0 Å². The lowest BCUT2D eigenvalue weighted by molar-refractivity contribution is -0.132. The van der Waals surface area contributed by atoms with Crippen molar-refractivity contribution in [2.24, 2.45) is 0 Å². The summed E-state index contributed by atoms with van der Waals surface area (Å²) in [7, 11) is 4.76. The van der Waals surface area contributed by atoms with Gasteiger partial charge in [0.25, 0.3) is 5.91 Å². The van der Waals surface area contributed by atoms with Crippen molar-refractivity contribution in [1.29, 1.82) is 0 Å². The van der Waals surface area contributed by atoms with Gasteiger partial charge in [0.15, 0.2) is 17.3 Å². The SMILES string of the molecule is CCCN(CC(=O)N1CCN(c2ccc(-c3ccc(OC)c(OC)c3)nn2)CC1)C(=O)c1cccc(OC)c1. The molecular formula is C29H35N5O5. The Morgan fingerprint density at radius 2 is 1.64 bits per heavy atom. The summed E-state index contributed by atoms with van der Waals surface area (Å²) >= 11 is 0. The molecule has 1 fully saturated rings. The van der Waals surface area contributed by atoms with Gasteiger partial charge < -0.3 is 28.9 Å². The van der Waals surface area contributed by atoms with Crippen LogP contribution in [0.15, 0.2) is 54.6 Å². The maximum Gasteiger partial charge on any atom is 0.254 e. The van der Waals surface area contributed by atoms with Crippen LogP contribution in [0.2, 0.25) is 0 Å². The van der Waals surface area contributed by atoms with Gasteiger partial charge in [-0.1, -0.05) is 13.0 Å². The van der Waals surface area contributed by atoms with Crippen molar-refractivity contribution in [3.8, 4) is 28.5 Å². The van der Waals surface area contributed by atoms with Gasteiger partial charge in [0.05, 0.1) is 27.0 Å². The second kappa shape index (κ2) is 12.9. The maximum absolute atomic E-state index is 13.1. The molecule has 2 aromatic carbocycles. The number of nitrogens with zero attached hydrogens (tertiary/aromatic N) is 5. The van der Waals surface area contributed by atoms with E-state index in [0.717, 1.165) is 23.5 Å². The first-order chi connectivity index (χ1) is 19.0. The molecule has 1 saturated heterocycles. The van der Waals surface area contributed by atoms with Crippen molar-refractivity contribution in [3.63, 3.8) is 0 Å². The molecule has 0 atom stereocenters. The van der Waals surface area contributed by atoms with Crippen LogP contribution in [0.5, 0.6) is 17.2 Å². The van der Waals surface area contributed by atoms with Crippen molar-refractivity contribution < 1.29 is 23.8 Å². The van der Waals surface area contributed by atoms with Crippen molar-refractivity contribution >= 4 is 17.6 Å². The van der Waals surface area contributed by atoms with E-state index in [1.807, 2.05) is 42.2 Å². The summed E-state index contributed by atoms with van der Waals surface area (Å²) in [6, 6.07) is 16.5. The normalized spacial score (nSPS) is 13.1. The molecule has 4 rings (SSSR count). The molecule has 0 bridgehead atoms. The van der Waals surface area contributed by atoms with Crippen LogP contribution < -0.4 is 19.1 Å². The summed E-state index contributed by atoms with van der Waals surface area (Å²) in [6.07, 6.45) is 0.759. The molecule has 2 heterocycles. The third-order valence-corrected chi connectivity index (χ3v) is 6.71. The van der Waals surface area contributed by atoms with Gasteiger partial charge in [0, 0.05) is 43.9 Å². The van der Waals surface area contributed by atoms with E-state index < -0.39 is 0 Å². The lowest BCUT2D eigenvalue weighted by Crippen LogP contribution is -2.52. The minimum absolute atomic E-state index is 0.0453. The molecule has 10 heteroatoms. The Morgan fingerprint density at radius 3 is 2.28 bits per heavy atom. The Labute approximate surface area is 229 Å². The van der Waals surface area contributed by atoms with E-state index in [4.69, 9.17) is 14.2 Å². The molecular weight excluding hydrogens is 498 g/mol. The van der Waals surface area contributed by atoms with Gasteiger partial charge in [0.1, 0.15) is 12.3 Å². The minimum atomic E-state index is -0.174. The van der Waals surface area contributed by atoms with Gasteiger partial charge >= 0.3 is 0 Å². The van der Waals surface area contributed by atoms with Gasteiger partial charge in [-0.15, -0.1) is 10.2 Å². The topological polar surface area (TPSA) is 97.3 Å². The number of piperazine rings is 1. The highest BCUT2D eigenvalue weighted by Gasteiger charge is 2.26. The van der Waals surface area contributed by atoms with Crippen molar-refractivity contribution in [3.05, 3.63) is 60.2 Å². The zero-order valence-electron chi connectivity index (χ0n) is 22.9. The van der Waals surface area contributed by atoms with Crippen molar-refractivity contribution in [2.75, 3.05) is 65.5 Å². The summed E-state index contributed by atoms with van der Waals surface area (Å²) in [5.74, 6) is 2.42. The van der Waals surface area contributed by atoms with E-state index in [2.05, 4.69) is 15.1 Å². The number of hydrogen-bond donors (Lipinski definition) is 0. The predicted molar refractivity (Wildman–Crippen MR) is 149 cm³/mol. The molecule has 0 aliphatic carbocycles. The quantitative estimate of drug-likeness (QED) is 0.391. The molecule has 206 valence electrons. The highest BCUT2D eigenvalue weighted by molar-refractivity contribution is 5.96. The smallest absolute Gasteiger partial charge is 0.254 e. The van der Waals surface area contributed by atoms with Crippen LogP contribution in [-0.4, -0.2) is 92.4 Å². The van der Waals surface area contributed by atoms with Gasteiger partial charge in [0.2, 0.25) is 5.91 Å². The molecule has 0 unspecified atom stereocenters. The fraction of sp³-hybridized carbons (Fsp3) is 0.379. The van der Waals surface area contributed by atoms with E-state index in [0.29, 0.717) is 55.5 Å². The van der Waals surface area contributed by atoms with Crippen LogP contribution in [0.4, 0.5) is 5.82 Å². The van der Waals surface area contributed by atoms with E-state index >= 15 is 0 Å². The number of ether oxygens (including phenoxy) is 3. The van der Waals surface area contributed by atoms with E-state index in [-0.39, 0.29) is 18.4 Å². The molecule has 0 radical (unpaired) electrons. The summed E-state index contributed by atoms with van der Waals surface area (Å²) in [5.41, 5.74) is 2.11. The number of amides is 2. The molecule has 1 aromatic heterocycles. The predicted octanol–water partition coefficient (Wildman–Crippen LogP) is 3.37. The van der Waals surface area contributed by atoms with E-state index in [1.54, 1.807) is 50.5 Å². The van der Waals surface area contributed by atoms with Crippen LogP contribution in [0.25, 0.3) is 11.3 Å². The third kappa shape index (κ3) is 6.57. The monoisotopic (exact) mass is 533 g/mol. The number of anilines is 1. The highest BCUT2D eigenvalue weighted by Crippen LogP contribution is 2.31. The molecule has 3 aromatic rings. The molecule has 39 heavy (non-hydrogen) atoms. The second-order valence-electron chi connectivity index (χ2n) is 9.17. The summed E-state index contributed by atoms with van der Waals surface area (Å²) in [6.45, 7) is 4.90. The Kier molecular flexibility index (Phi) is 9.19. The lowest BCUT2D eigenvalue weighted by Gasteiger charge is -2.36. The first-order valence-electron chi connectivity index (χ1n) is 13.0. The fourth-order valence-corrected chi connectivity index (χ4v) is 4.55. The zero-order chi connectivity index (χ0) is 27.8. The minimum Gasteiger partial charge on any atom is -0.497 e. The Balaban J connectivity index is 1.35. The summed E-state index contributed by atoms with van der Waals surface area (Å²) in [5, 5.41) is 8.84. The standard InChI is InChI=1S/C29H35N5O5/c1-5-13-34(29(36)22-7-6-8-23(18-22)37-2)20-28(35)33-16-14-32(15-17-33)27-12-10-24(30-31-27)21-9-11-25(38-3)26(19-21)39-4/h6-12,18-19H,5,13-17,20H2,1-4H3. The lowest BCUT2D eigenvalue weighted by atomic mass is 10.1. The van der Waals surface area contributed by atoms with Crippen molar-refractivity contribution in [1.82, 2.24) is 20.0 Å². The number of benzene rings is 2. The number of methoxy groups -OCH3 is 3. The molecule has 0 spiro atoms. The Hall–Kier alpha value is -4.34. The zero-order valence-corrected chi connectivity index (χ0v) is 22.9. The van der Waals surface area contributed by atoms with Crippen molar-refractivity contribution in [2.45, 2.75) is 13.3 Å². The highest BCUT2D eigenvalue weighted by atomic mass is 16.5. The molecule has 2 amide bonds. The van der Waals surface area contributed by atoms with Gasteiger partial charge in [-0.25, -0.2) is 0 Å². The summed E-state index contributed by atoms with van der Waals surface area (Å²) < 4.78 is 15.9. The fourth-order valence-electron chi connectivity index (χ4n) is 4.55. The Bertz CT molecular complexity index is 1280. The number of carbonyl (C=O) groups is 2. The van der Waals surface area contributed by atoms with E-state index in [9.17, 15) is 9.59 Å². The van der Waals surface area contributed by atoms with Gasteiger partial charge in [-0.2, -0.15) is 0 Å². The largest absolute Gasteiger partial charge is 0.497 e.